The van der Waals surface area contributed by atoms with E-state index < -0.39 is 0 Å². The summed E-state index contributed by atoms with van der Waals surface area (Å²) in [7, 11) is 1.74. The largest absolute Gasteiger partial charge is 0.490 e. The molecule has 0 aliphatic heterocycles. The molecular weight excluding hydrogens is 638 g/mol. The summed E-state index contributed by atoms with van der Waals surface area (Å²) >= 11 is 0. The van der Waals surface area contributed by atoms with E-state index in [9.17, 15) is 14.4 Å². The topological polar surface area (TPSA) is 89.9 Å². The lowest BCUT2D eigenvalue weighted by Gasteiger charge is -2.35. The molecule has 1 heterocycles. The number of rotatable bonds is 11. The Morgan fingerprint density at radius 3 is 2.12 bits per heavy atom. The number of hydrogen-bond acceptors (Lipinski definition) is 5. The molecule has 0 bridgehead atoms. The average Bonchev–Trinajstić information content (AvgIpc) is 3.87. The molecular formula is C43H51N3O5. The predicted octanol–water partition coefficient (Wildman–Crippen LogP) is 8.74. The number of carbonyl (C=O) groups is 2. The van der Waals surface area contributed by atoms with E-state index in [1.54, 1.807) is 24.6 Å². The lowest BCUT2D eigenvalue weighted by atomic mass is 9.92. The van der Waals surface area contributed by atoms with Crippen molar-refractivity contribution in [3.05, 3.63) is 112 Å². The quantitative estimate of drug-likeness (QED) is 0.170. The van der Waals surface area contributed by atoms with Crippen molar-refractivity contribution in [1.29, 1.82) is 0 Å². The summed E-state index contributed by atoms with van der Waals surface area (Å²) < 4.78 is 15.0. The normalized spacial score (nSPS) is 19.0. The highest BCUT2D eigenvalue weighted by Gasteiger charge is 2.45. The van der Waals surface area contributed by atoms with Gasteiger partial charge in [-0.15, -0.1) is 0 Å². The maximum absolute atomic E-state index is 13.2. The van der Waals surface area contributed by atoms with Crippen LogP contribution in [0.4, 0.5) is 0 Å². The highest BCUT2D eigenvalue weighted by Crippen LogP contribution is 2.46. The summed E-state index contributed by atoms with van der Waals surface area (Å²) in [5.74, 6) is 2.02. The smallest absolute Gasteiger partial charge is 0.254 e. The minimum atomic E-state index is -0.272. The number of benzene rings is 3. The molecule has 2 aliphatic carbocycles. The minimum Gasteiger partial charge on any atom is -0.490 e. The first-order chi connectivity index (χ1) is 24.3. The van der Waals surface area contributed by atoms with E-state index in [1.807, 2.05) is 99.5 Å². The maximum atomic E-state index is 13.2. The van der Waals surface area contributed by atoms with Gasteiger partial charge in [-0.05, 0) is 101 Å². The molecule has 0 saturated heterocycles. The summed E-state index contributed by atoms with van der Waals surface area (Å²) in [5, 5.41) is 3.26. The van der Waals surface area contributed by atoms with Crippen molar-refractivity contribution in [2.45, 2.75) is 104 Å². The molecule has 1 N–H and O–H groups in total. The molecule has 1 aromatic heterocycles. The number of aromatic nitrogens is 1. The first-order valence-electron chi connectivity index (χ1n) is 18.2. The molecule has 4 aromatic rings. The van der Waals surface area contributed by atoms with Crippen LogP contribution in [0.3, 0.4) is 0 Å². The number of carbonyl (C=O) groups excluding carboxylic acids is 2. The van der Waals surface area contributed by atoms with Crippen LogP contribution in [0.25, 0.3) is 11.1 Å². The zero-order valence-corrected chi connectivity index (χ0v) is 31.0. The van der Waals surface area contributed by atoms with E-state index in [-0.39, 0.29) is 47.0 Å². The number of para-hydroxylation sites is 1. The van der Waals surface area contributed by atoms with Gasteiger partial charge in [-0.2, -0.15) is 0 Å². The molecule has 3 aromatic carbocycles. The number of nitrogens with one attached hydrogen (secondary N) is 1. The first kappa shape index (κ1) is 36.0. The van der Waals surface area contributed by atoms with Crippen molar-refractivity contribution < 1.29 is 19.1 Å². The van der Waals surface area contributed by atoms with Crippen LogP contribution >= 0.6 is 0 Å². The summed E-state index contributed by atoms with van der Waals surface area (Å²) in [4.78, 5) is 40.9. The van der Waals surface area contributed by atoms with E-state index >= 15 is 0 Å². The number of amides is 2. The number of nitrogens with zero attached hydrogens (tertiary/aromatic N) is 2. The Bertz CT molecular complexity index is 1940. The number of ether oxygens (including phenoxy) is 2. The fourth-order valence-electron chi connectivity index (χ4n) is 7.30. The molecule has 8 heteroatoms. The highest BCUT2D eigenvalue weighted by atomic mass is 16.5. The van der Waals surface area contributed by atoms with E-state index in [2.05, 4.69) is 18.3 Å². The molecule has 268 valence electrons. The summed E-state index contributed by atoms with van der Waals surface area (Å²) in [6.45, 7) is 11.8. The van der Waals surface area contributed by atoms with Gasteiger partial charge in [0.05, 0.1) is 18.2 Å². The zero-order chi connectivity index (χ0) is 36.4. The second-order valence-corrected chi connectivity index (χ2v) is 14.9. The van der Waals surface area contributed by atoms with Crippen molar-refractivity contribution in [2.75, 3.05) is 0 Å². The fourth-order valence-corrected chi connectivity index (χ4v) is 7.30. The van der Waals surface area contributed by atoms with Crippen molar-refractivity contribution >= 4 is 11.8 Å². The van der Waals surface area contributed by atoms with Gasteiger partial charge in [0, 0.05) is 48.8 Å². The third-order valence-corrected chi connectivity index (χ3v) is 10.9. The first-order valence-corrected chi connectivity index (χ1v) is 18.2. The van der Waals surface area contributed by atoms with Crippen LogP contribution in [-0.2, 0) is 16.6 Å². The van der Waals surface area contributed by atoms with E-state index in [0.717, 1.165) is 77.7 Å². The molecule has 0 spiro atoms. The SMILES string of the molecule is CC(=O)N([C@H](C)c1ccc(Oc2c(C)cccc2C)c(-c2cn(C)c(=O)cc2O[C@H]2CC[C@H](NC(=O)C3(C)CC3)CC2)c1)[C@@H](C)c1ccccc1. The number of aryl methyl sites for hydroxylation is 3. The van der Waals surface area contributed by atoms with Gasteiger partial charge < -0.3 is 24.3 Å². The summed E-state index contributed by atoms with van der Waals surface area (Å²) in [5.41, 5.74) is 5.13. The van der Waals surface area contributed by atoms with Gasteiger partial charge in [0.15, 0.2) is 0 Å². The molecule has 51 heavy (non-hydrogen) atoms. The second-order valence-electron chi connectivity index (χ2n) is 14.9. The molecule has 2 amide bonds. The van der Waals surface area contributed by atoms with Crippen LogP contribution in [0.5, 0.6) is 17.2 Å². The summed E-state index contributed by atoms with van der Waals surface area (Å²) in [6, 6.07) is 23.4. The van der Waals surface area contributed by atoms with Crippen molar-refractivity contribution in [3.8, 4) is 28.4 Å². The van der Waals surface area contributed by atoms with Gasteiger partial charge in [0.1, 0.15) is 17.2 Å². The number of hydrogen-bond donors (Lipinski definition) is 1. The molecule has 2 saturated carbocycles. The van der Waals surface area contributed by atoms with Crippen LogP contribution < -0.4 is 20.3 Å². The molecule has 2 fully saturated rings. The fraction of sp³-hybridized carbons (Fsp3) is 0.419. The van der Waals surface area contributed by atoms with Gasteiger partial charge >= 0.3 is 0 Å². The lowest BCUT2D eigenvalue weighted by Crippen LogP contribution is -2.42. The van der Waals surface area contributed by atoms with Gasteiger partial charge in [-0.25, -0.2) is 0 Å². The molecule has 2 atom stereocenters. The Kier molecular flexibility index (Phi) is 10.4. The van der Waals surface area contributed by atoms with Crippen LogP contribution in [0.1, 0.15) is 101 Å². The Hall–Kier alpha value is -4.85. The van der Waals surface area contributed by atoms with Crippen molar-refractivity contribution in [3.63, 3.8) is 0 Å². The van der Waals surface area contributed by atoms with Crippen molar-refractivity contribution in [1.82, 2.24) is 14.8 Å². The van der Waals surface area contributed by atoms with Gasteiger partial charge in [0.2, 0.25) is 11.8 Å². The van der Waals surface area contributed by atoms with E-state index in [0.29, 0.717) is 11.5 Å². The summed E-state index contributed by atoms with van der Waals surface area (Å²) in [6.07, 6.45) is 6.80. The Labute approximate surface area is 301 Å². The lowest BCUT2D eigenvalue weighted by molar-refractivity contribution is -0.133. The third kappa shape index (κ3) is 7.90. The molecule has 0 unspecified atom stereocenters. The van der Waals surface area contributed by atoms with Gasteiger partial charge in [-0.1, -0.05) is 61.5 Å². The maximum Gasteiger partial charge on any atom is 0.254 e. The highest BCUT2D eigenvalue weighted by molar-refractivity contribution is 5.85. The monoisotopic (exact) mass is 689 g/mol. The van der Waals surface area contributed by atoms with Crippen LogP contribution in [-0.4, -0.2) is 33.4 Å². The molecule has 0 radical (unpaired) electrons. The third-order valence-electron chi connectivity index (χ3n) is 10.9. The standard InChI is InChI=1S/C43H51N3O5/c1-27-12-11-13-28(2)41(27)51-38-21-16-33(30(4)46(31(5)47)29(3)32-14-9-8-10-15-32)24-36(38)37-26-45(7)40(48)25-39(37)50-35-19-17-34(18-20-35)44-42(49)43(6)22-23-43/h8-16,21,24-26,29-30,34-35H,17-20,22-23H2,1-7H3,(H,44,49)/t29-,30+,34-,35-/m0/s1. The van der Waals surface area contributed by atoms with Crippen LogP contribution in [0.2, 0.25) is 0 Å². The second kappa shape index (κ2) is 14.8. The predicted molar refractivity (Wildman–Crippen MR) is 201 cm³/mol. The number of pyridine rings is 1. The van der Waals surface area contributed by atoms with Crippen LogP contribution in [0.15, 0.2) is 83.8 Å². The van der Waals surface area contributed by atoms with Gasteiger partial charge in [0.25, 0.3) is 5.56 Å². The average molecular weight is 690 g/mol. The van der Waals surface area contributed by atoms with E-state index in [4.69, 9.17) is 9.47 Å². The zero-order valence-electron chi connectivity index (χ0n) is 31.0. The van der Waals surface area contributed by atoms with Gasteiger partial charge in [-0.3, -0.25) is 14.4 Å². The molecule has 2 aliphatic rings. The molecule has 6 rings (SSSR count). The van der Waals surface area contributed by atoms with Crippen molar-refractivity contribution in [2.24, 2.45) is 12.5 Å². The minimum absolute atomic E-state index is 0.0274. The Morgan fingerprint density at radius 2 is 1.49 bits per heavy atom. The Morgan fingerprint density at radius 1 is 0.843 bits per heavy atom. The Balaban J connectivity index is 1.36. The van der Waals surface area contributed by atoms with Crippen LogP contribution in [0, 0.1) is 19.3 Å². The molecule has 8 nitrogen and oxygen atoms in total. The van der Waals surface area contributed by atoms with E-state index in [1.165, 1.54) is 0 Å².